The van der Waals surface area contributed by atoms with Gasteiger partial charge < -0.3 is 19.4 Å². The van der Waals surface area contributed by atoms with E-state index in [0.29, 0.717) is 11.8 Å². The minimum Gasteiger partial charge on any atom is -0.497 e. The highest BCUT2D eigenvalue weighted by Gasteiger charge is 2.63. The van der Waals surface area contributed by atoms with Gasteiger partial charge in [0.2, 0.25) is 0 Å². The first-order valence-corrected chi connectivity index (χ1v) is 10.3. The molecule has 3 fully saturated rings. The lowest BCUT2D eigenvalue weighted by Gasteiger charge is -2.59. The number of nitrogens with zero attached hydrogens (tertiary/aromatic N) is 1. The topological polar surface area (TPSA) is 54.6 Å². The maximum Gasteiger partial charge on any atom is 0.319 e. The lowest BCUT2D eigenvalue weighted by molar-refractivity contribution is -0.158. The summed E-state index contributed by atoms with van der Waals surface area (Å²) in [7, 11) is 3.21. The number of aromatic nitrogens is 1. The van der Waals surface area contributed by atoms with Gasteiger partial charge in [-0.2, -0.15) is 0 Å². The van der Waals surface area contributed by atoms with Crippen LogP contribution in [0.5, 0.6) is 5.75 Å². The number of hydrogen-bond donors (Lipinski definition) is 1. The first-order valence-electron chi connectivity index (χ1n) is 10.3. The molecule has 2 saturated heterocycles. The number of piperidine rings is 2. The van der Waals surface area contributed by atoms with Crippen LogP contribution in [0.1, 0.15) is 37.4 Å². The molecule has 2 aromatic rings. The number of esters is 1. The molecule has 4 atom stereocenters. The van der Waals surface area contributed by atoms with Gasteiger partial charge in [-0.1, -0.05) is 19.9 Å². The van der Waals surface area contributed by atoms with Crippen molar-refractivity contribution in [3.05, 3.63) is 41.7 Å². The van der Waals surface area contributed by atoms with E-state index in [-0.39, 0.29) is 12.0 Å². The molecule has 1 aliphatic carbocycles. The zero-order valence-corrected chi connectivity index (χ0v) is 16.9. The van der Waals surface area contributed by atoms with Crippen LogP contribution in [0.4, 0.5) is 0 Å². The summed E-state index contributed by atoms with van der Waals surface area (Å²) in [5.74, 6) is 1.53. The second kappa shape index (κ2) is 6.03. The standard InChI is InChI=1S/C23H28N2O3/c1-5-14-10-15-12-23(22(26)28-4)20-17(8-9-25(13(15)2)21(14)23)18-11-16(27-3)6-7-19(18)24-20/h6-7,11,14-15,21,24H,2,5,8-10,12H2,1,3-4H3. The molecular weight excluding hydrogens is 352 g/mol. The van der Waals surface area contributed by atoms with Crippen LogP contribution in [-0.2, 0) is 21.4 Å². The number of fused-ring (bicyclic) bond motifs is 4. The number of carbonyl (C=O) groups excluding carboxylic acids is 1. The summed E-state index contributed by atoms with van der Waals surface area (Å²) in [6.07, 6.45) is 3.86. The van der Waals surface area contributed by atoms with E-state index in [2.05, 4.69) is 35.5 Å². The van der Waals surface area contributed by atoms with Crippen molar-refractivity contribution in [1.82, 2.24) is 9.88 Å². The number of nitrogens with one attached hydrogen (secondary N) is 1. The van der Waals surface area contributed by atoms with Crippen LogP contribution in [0.3, 0.4) is 0 Å². The zero-order valence-electron chi connectivity index (χ0n) is 16.9. The van der Waals surface area contributed by atoms with Crippen molar-refractivity contribution >= 4 is 16.9 Å². The largest absolute Gasteiger partial charge is 0.497 e. The Labute approximate surface area is 165 Å². The van der Waals surface area contributed by atoms with E-state index in [1.165, 1.54) is 18.4 Å². The van der Waals surface area contributed by atoms with Crippen LogP contribution < -0.4 is 4.74 Å². The zero-order chi connectivity index (χ0) is 19.6. The summed E-state index contributed by atoms with van der Waals surface area (Å²) < 4.78 is 10.9. The van der Waals surface area contributed by atoms with Crippen molar-refractivity contribution in [2.75, 3.05) is 20.8 Å². The molecule has 6 rings (SSSR count). The quantitative estimate of drug-likeness (QED) is 0.824. The minimum atomic E-state index is -0.655. The second-order valence-electron chi connectivity index (χ2n) is 8.54. The third-order valence-electron chi connectivity index (χ3n) is 7.52. The molecule has 1 aromatic heterocycles. The molecule has 28 heavy (non-hydrogen) atoms. The van der Waals surface area contributed by atoms with Gasteiger partial charge in [0, 0.05) is 34.8 Å². The van der Waals surface area contributed by atoms with Gasteiger partial charge in [0.1, 0.15) is 11.2 Å². The first kappa shape index (κ1) is 17.7. The minimum absolute atomic E-state index is 0.110. The number of allylic oxidation sites excluding steroid dienone is 1. The Morgan fingerprint density at radius 3 is 2.93 bits per heavy atom. The molecule has 4 bridgehead atoms. The molecule has 4 unspecified atom stereocenters. The molecule has 5 heteroatoms. The Hall–Kier alpha value is -2.43. The Morgan fingerprint density at radius 2 is 2.21 bits per heavy atom. The van der Waals surface area contributed by atoms with E-state index in [1.54, 1.807) is 7.11 Å². The summed E-state index contributed by atoms with van der Waals surface area (Å²) in [6.45, 7) is 7.56. The van der Waals surface area contributed by atoms with Crippen molar-refractivity contribution in [2.45, 2.75) is 44.1 Å². The predicted octanol–water partition coefficient (Wildman–Crippen LogP) is 3.78. The fraction of sp³-hybridized carbons (Fsp3) is 0.522. The van der Waals surface area contributed by atoms with E-state index < -0.39 is 5.41 Å². The summed E-state index contributed by atoms with van der Waals surface area (Å²) >= 11 is 0. The summed E-state index contributed by atoms with van der Waals surface area (Å²) in [6, 6.07) is 6.23. The number of carbonyl (C=O) groups is 1. The lowest BCUT2D eigenvalue weighted by atomic mass is 9.55. The van der Waals surface area contributed by atoms with Crippen LogP contribution in [0, 0.1) is 11.8 Å². The number of ether oxygens (including phenoxy) is 2. The van der Waals surface area contributed by atoms with Gasteiger partial charge in [-0.25, -0.2) is 0 Å². The normalized spacial score (nSPS) is 30.9. The second-order valence-corrected chi connectivity index (χ2v) is 8.54. The van der Waals surface area contributed by atoms with Gasteiger partial charge in [-0.05, 0) is 48.9 Å². The van der Waals surface area contributed by atoms with Gasteiger partial charge in [0.05, 0.1) is 20.3 Å². The van der Waals surface area contributed by atoms with E-state index in [4.69, 9.17) is 9.47 Å². The molecular formula is C23H28N2O3. The Bertz CT molecular complexity index is 978. The Morgan fingerprint density at radius 1 is 1.39 bits per heavy atom. The van der Waals surface area contributed by atoms with Crippen molar-refractivity contribution < 1.29 is 14.3 Å². The van der Waals surface area contributed by atoms with E-state index in [0.717, 1.165) is 54.6 Å². The molecule has 1 N–H and O–H groups in total. The number of hydrogen-bond acceptors (Lipinski definition) is 4. The molecule has 0 radical (unpaired) electrons. The number of H-pyrrole nitrogens is 1. The van der Waals surface area contributed by atoms with Gasteiger partial charge >= 0.3 is 5.97 Å². The predicted molar refractivity (Wildman–Crippen MR) is 108 cm³/mol. The van der Waals surface area contributed by atoms with Gasteiger partial charge in [-0.3, -0.25) is 4.79 Å². The molecule has 0 amide bonds. The number of methoxy groups -OCH3 is 2. The highest BCUT2D eigenvalue weighted by molar-refractivity contribution is 5.92. The van der Waals surface area contributed by atoms with E-state index >= 15 is 0 Å². The maximum absolute atomic E-state index is 13.4. The molecule has 1 saturated carbocycles. The summed E-state index contributed by atoms with van der Waals surface area (Å²) in [4.78, 5) is 19.5. The third-order valence-corrected chi connectivity index (χ3v) is 7.52. The van der Waals surface area contributed by atoms with Crippen molar-refractivity contribution in [2.24, 2.45) is 11.8 Å². The van der Waals surface area contributed by atoms with Crippen LogP contribution in [0.15, 0.2) is 30.5 Å². The highest BCUT2D eigenvalue weighted by Crippen LogP contribution is 2.58. The molecule has 1 aromatic carbocycles. The fourth-order valence-electron chi connectivity index (χ4n) is 6.31. The summed E-state index contributed by atoms with van der Waals surface area (Å²) in [5.41, 5.74) is 3.91. The van der Waals surface area contributed by atoms with Crippen LogP contribution in [0.2, 0.25) is 0 Å². The molecule has 0 spiro atoms. The molecule has 148 valence electrons. The van der Waals surface area contributed by atoms with Gasteiger partial charge in [-0.15, -0.1) is 0 Å². The first-order chi connectivity index (χ1) is 13.5. The average molecular weight is 380 g/mol. The third kappa shape index (κ3) is 2.05. The number of rotatable bonds is 3. The van der Waals surface area contributed by atoms with Crippen LogP contribution in [0.25, 0.3) is 10.9 Å². The van der Waals surface area contributed by atoms with Crippen molar-refractivity contribution in [3.63, 3.8) is 0 Å². The van der Waals surface area contributed by atoms with Crippen LogP contribution in [-0.4, -0.2) is 42.7 Å². The van der Waals surface area contributed by atoms with Crippen molar-refractivity contribution in [1.29, 1.82) is 0 Å². The number of aromatic amines is 1. The Kier molecular flexibility index (Phi) is 3.80. The lowest BCUT2D eigenvalue weighted by Crippen LogP contribution is -2.66. The van der Waals surface area contributed by atoms with Gasteiger partial charge in [0.25, 0.3) is 0 Å². The van der Waals surface area contributed by atoms with E-state index in [1.807, 2.05) is 6.07 Å². The monoisotopic (exact) mass is 380 g/mol. The molecule has 3 aliphatic heterocycles. The Balaban J connectivity index is 1.80. The smallest absolute Gasteiger partial charge is 0.319 e. The molecule has 4 aliphatic rings. The average Bonchev–Trinajstić information content (AvgIpc) is 3.04. The maximum atomic E-state index is 13.4. The fourth-order valence-corrected chi connectivity index (χ4v) is 6.31. The van der Waals surface area contributed by atoms with Gasteiger partial charge in [0.15, 0.2) is 0 Å². The van der Waals surface area contributed by atoms with Crippen LogP contribution >= 0.6 is 0 Å². The van der Waals surface area contributed by atoms with Crippen molar-refractivity contribution in [3.8, 4) is 5.75 Å². The molecule has 5 nitrogen and oxygen atoms in total. The summed E-state index contributed by atoms with van der Waals surface area (Å²) in [5, 5.41) is 1.15. The van der Waals surface area contributed by atoms with E-state index in [9.17, 15) is 4.79 Å². The highest BCUT2D eigenvalue weighted by atomic mass is 16.5. The number of benzene rings is 1. The SMILES string of the molecule is C=C1C2CC(CC)C3N1CCc1c([nH]c4ccc(OC)cc14)C3(C(=O)OC)C2. The molecule has 4 heterocycles.